The summed E-state index contributed by atoms with van der Waals surface area (Å²) in [6, 6.07) is 11.1. The minimum absolute atomic E-state index is 0.0412. The average molecular weight is 416 g/mol. The molecule has 0 bridgehead atoms. The summed E-state index contributed by atoms with van der Waals surface area (Å²) in [5.41, 5.74) is 1.98. The zero-order chi connectivity index (χ0) is 20.5. The van der Waals surface area contributed by atoms with E-state index in [0.29, 0.717) is 41.1 Å². The Balaban J connectivity index is 1.54. The average Bonchev–Trinajstić information content (AvgIpc) is 3.35. The van der Waals surface area contributed by atoms with Gasteiger partial charge in [-0.1, -0.05) is 12.1 Å². The third kappa shape index (κ3) is 2.30. The highest BCUT2D eigenvalue weighted by molar-refractivity contribution is 7.30. The Bertz CT molecular complexity index is 1310. The van der Waals surface area contributed by atoms with Gasteiger partial charge in [-0.2, -0.15) is 0 Å². The Morgan fingerprint density at radius 3 is 2.97 bits per heavy atom. The molecule has 2 aromatic heterocycles. The van der Waals surface area contributed by atoms with Gasteiger partial charge in [0.1, 0.15) is 16.5 Å². The van der Waals surface area contributed by atoms with E-state index in [4.69, 9.17) is 4.74 Å². The number of carbonyl (C=O) groups excluding carboxylic acids is 2. The van der Waals surface area contributed by atoms with Crippen molar-refractivity contribution < 1.29 is 18.9 Å². The molecule has 2 atom stereocenters. The van der Waals surface area contributed by atoms with Crippen LogP contribution in [0, 0.1) is 0 Å². The van der Waals surface area contributed by atoms with E-state index in [9.17, 15) is 14.1 Å². The monoisotopic (exact) mass is 416 g/mol. The first-order valence-electron chi connectivity index (χ1n) is 9.66. The Morgan fingerprint density at radius 2 is 2.13 bits per heavy atom. The molecule has 1 fully saturated rings. The van der Waals surface area contributed by atoms with Crippen molar-refractivity contribution in [2.75, 3.05) is 6.54 Å². The van der Waals surface area contributed by atoms with E-state index in [1.807, 2.05) is 30.3 Å². The number of esters is 1. The molecule has 2 aliphatic heterocycles. The molecular formula is C23H16N2O4S. The minimum Gasteiger partial charge on any atom is -0.590 e. The summed E-state index contributed by atoms with van der Waals surface area (Å²) in [6.07, 6.45) is 5.50. The van der Waals surface area contributed by atoms with Gasteiger partial charge in [0.05, 0.1) is 12.2 Å². The summed E-state index contributed by atoms with van der Waals surface area (Å²) in [7, 11) is -1.25. The Labute approximate surface area is 174 Å². The van der Waals surface area contributed by atoms with E-state index in [2.05, 4.69) is 9.88 Å². The number of nitrogens with zero attached hydrogens (tertiary/aromatic N) is 2. The summed E-state index contributed by atoms with van der Waals surface area (Å²) in [5.74, 6) is 0.0343. The van der Waals surface area contributed by atoms with Crippen molar-refractivity contribution in [1.29, 1.82) is 0 Å². The van der Waals surface area contributed by atoms with Gasteiger partial charge in [-0.15, -0.1) is 0 Å². The van der Waals surface area contributed by atoms with Crippen LogP contribution >= 0.6 is 10.8 Å². The number of hydrogen-bond acceptors (Lipinski definition) is 6. The van der Waals surface area contributed by atoms with Gasteiger partial charge in [0.15, 0.2) is 10.5 Å². The molecule has 6 nitrogen and oxygen atoms in total. The summed E-state index contributed by atoms with van der Waals surface area (Å²) in [6.45, 7) is 0.861. The van der Waals surface area contributed by atoms with Crippen LogP contribution in [0.25, 0.3) is 10.1 Å². The second kappa shape index (κ2) is 6.10. The van der Waals surface area contributed by atoms with Crippen molar-refractivity contribution in [1.82, 2.24) is 9.88 Å². The van der Waals surface area contributed by atoms with Crippen molar-refractivity contribution in [2.24, 2.45) is 0 Å². The van der Waals surface area contributed by atoms with Crippen LogP contribution in [0.1, 0.15) is 17.7 Å². The van der Waals surface area contributed by atoms with Crippen LogP contribution in [0.4, 0.5) is 0 Å². The zero-order valence-corrected chi connectivity index (χ0v) is 16.6. The van der Waals surface area contributed by atoms with E-state index < -0.39 is 22.1 Å². The van der Waals surface area contributed by atoms with E-state index in [1.165, 1.54) is 0 Å². The van der Waals surface area contributed by atoms with Gasteiger partial charge in [-0.25, -0.2) is 0 Å². The highest BCUT2D eigenvalue weighted by atomic mass is 32.2. The number of benzene rings is 1. The van der Waals surface area contributed by atoms with Crippen molar-refractivity contribution in [2.45, 2.75) is 18.4 Å². The summed E-state index contributed by atoms with van der Waals surface area (Å²) in [4.78, 5) is 32.1. The zero-order valence-electron chi connectivity index (χ0n) is 15.8. The molecule has 1 aliphatic carbocycles. The fourth-order valence-corrected chi connectivity index (χ4v) is 5.75. The first-order chi connectivity index (χ1) is 14.6. The predicted molar refractivity (Wildman–Crippen MR) is 110 cm³/mol. The number of rotatable bonds is 2. The second-order valence-electron chi connectivity index (χ2n) is 7.78. The van der Waals surface area contributed by atoms with Crippen molar-refractivity contribution in [3.8, 4) is 5.75 Å². The maximum atomic E-state index is 13.3. The fourth-order valence-electron chi connectivity index (χ4n) is 4.74. The fraction of sp³-hybridized carbons (Fsp3) is 0.174. The van der Waals surface area contributed by atoms with Crippen LogP contribution in [0.15, 0.2) is 71.4 Å². The molecular weight excluding hydrogens is 400 g/mol. The molecule has 3 aromatic rings. The molecule has 0 N–H and O–H groups in total. The maximum Gasteiger partial charge on any atom is 0.328 e. The predicted octanol–water partition coefficient (Wildman–Crippen LogP) is 3.42. The number of thiophene rings is 1. The SMILES string of the molecule is O=C1C=C2C(=CC1)N(Cc1ccccn1)CC21C(=O)Oc2cc3cc[s+]([O-])c3cc21. The van der Waals surface area contributed by atoms with Crippen molar-refractivity contribution in [3.05, 3.63) is 82.7 Å². The molecule has 3 aliphatic rings. The third-order valence-electron chi connectivity index (χ3n) is 6.10. The number of fused-ring (bicyclic) bond motifs is 5. The largest absolute Gasteiger partial charge is 0.590 e. The standard InChI is InChI=1S/C23H16N2O4S/c26-16-4-5-19-17(10-16)23(13-25(19)12-15-3-1-2-7-24-15)18-11-21-14(6-8-30(21)28)9-20(18)29-22(23)27/h1-3,5-11H,4,12-13H2. The molecule has 2 unspecified atom stereocenters. The molecule has 1 aromatic carbocycles. The van der Waals surface area contributed by atoms with E-state index in [-0.39, 0.29) is 5.78 Å². The Kier molecular flexibility index (Phi) is 3.57. The van der Waals surface area contributed by atoms with Gasteiger partial charge in [0, 0.05) is 53.5 Å². The van der Waals surface area contributed by atoms with Gasteiger partial charge >= 0.3 is 5.97 Å². The molecule has 1 spiro atoms. The Hall–Kier alpha value is -3.29. The normalized spacial score (nSPS) is 22.8. The van der Waals surface area contributed by atoms with E-state index >= 15 is 0 Å². The number of likely N-dealkylation sites (tertiary alicyclic amines) is 1. The molecule has 0 saturated carbocycles. The van der Waals surface area contributed by atoms with Gasteiger partial charge in [0.25, 0.3) is 0 Å². The number of ether oxygens (including phenoxy) is 1. The molecule has 7 heteroatoms. The first-order valence-corrected chi connectivity index (χ1v) is 10.9. The number of pyridine rings is 1. The topological polar surface area (TPSA) is 82.6 Å². The molecule has 0 radical (unpaired) electrons. The molecule has 0 amide bonds. The lowest BCUT2D eigenvalue weighted by molar-refractivity contribution is -0.136. The third-order valence-corrected chi connectivity index (χ3v) is 7.27. The van der Waals surface area contributed by atoms with Crippen molar-refractivity contribution >= 4 is 32.6 Å². The lowest BCUT2D eigenvalue weighted by Crippen LogP contribution is -2.38. The molecule has 6 rings (SSSR count). The van der Waals surface area contributed by atoms with Gasteiger partial charge < -0.3 is 14.2 Å². The lowest BCUT2D eigenvalue weighted by Gasteiger charge is -2.21. The molecule has 148 valence electrons. The summed E-state index contributed by atoms with van der Waals surface area (Å²) in [5, 5.41) is 2.43. The minimum atomic E-state index is -1.25. The number of allylic oxidation sites excluding steroid dienone is 3. The highest BCUT2D eigenvalue weighted by Gasteiger charge is 2.59. The number of aromatic nitrogens is 1. The van der Waals surface area contributed by atoms with Crippen LogP contribution in [-0.2, 0) is 21.5 Å². The quantitative estimate of drug-likeness (QED) is 0.362. The van der Waals surface area contributed by atoms with Crippen LogP contribution in [0.5, 0.6) is 5.75 Å². The number of ketones is 1. The lowest BCUT2D eigenvalue weighted by atomic mass is 9.75. The smallest absolute Gasteiger partial charge is 0.328 e. The number of carbonyl (C=O) groups is 2. The van der Waals surface area contributed by atoms with Crippen LogP contribution in [0.3, 0.4) is 0 Å². The van der Waals surface area contributed by atoms with Gasteiger partial charge in [0.2, 0.25) is 0 Å². The molecule has 30 heavy (non-hydrogen) atoms. The summed E-state index contributed by atoms with van der Waals surface area (Å²) < 4.78 is 18.8. The number of hydrogen-bond donors (Lipinski definition) is 0. The summed E-state index contributed by atoms with van der Waals surface area (Å²) >= 11 is 0. The van der Waals surface area contributed by atoms with Crippen LogP contribution in [0.2, 0.25) is 0 Å². The van der Waals surface area contributed by atoms with E-state index in [1.54, 1.807) is 29.8 Å². The molecule has 1 saturated heterocycles. The highest BCUT2D eigenvalue weighted by Crippen LogP contribution is 2.54. The Morgan fingerprint density at radius 1 is 1.23 bits per heavy atom. The van der Waals surface area contributed by atoms with Gasteiger partial charge in [-0.3, -0.25) is 14.6 Å². The second-order valence-corrected chi connectivity index (χ2v) is 9.08. The van der Waals surface area contributed by atoms with Gasteiger partial charge in [-0.05, 0) is 35.0 Å². The van der Waals surface area contributed by atoms with Crippen LogP contribution in [-0.4, -0.2) is 32.7 Å². The van der Waals surface area contributed by atoms with Crippen molar-refractivity contribution in [3.63, 3.8) is 0 Å². The first kappa shape index (κ1) is 17.6. The maximum absolute atomic E-state index is 13.3. The molecule has 4 heterocycles. The van der Waals surface area contributed by atoms with E-state index in [0.717, 1.165) is 16.8 Å². The van der Waals surface area contributed by atoms with Crippen LogP contribution < -0.4 is 4.74 Å².